The van der Waals surface area contributed by atoms with Crippen LogP contribution in [0.4, 0.5) is 0 Å². The third kappa shape index (κ3) is 2.76. The fourth-order valence-corrected chi connectivity index (χ4v) is 1.75. The molecule has 0 aliphatic heterocycles. The number of thiophene rings is 1. The van der Waals surface area contributed by atoms with Crippen molar-refractivity contribution in [2.24, 2.45) is 0 Å². The van der Waals surface area contributed by atoms with Crippen LogP contribution in [0.2, 0.25) is 0 Å². The zero-order chi connectivity index (χ0) is 11.1. The van der Waals surface area contributed by atoms with Crippen LogP contribution in [0.1, 0.15) is 20.8 Å². The quantitative estimate of drug-likeness (QED) is 0.872. The van der Waals surface area contributed by atoms with Gasteiger partial charge in [0.05, 0.1) is 6.61 Å². The highest BCUT2D eigenvalue weighted by Gasteiger charge is 2.11. The van der Waals surface area contributed by atoms with Crippen molar-refractivity contribution in [3.8, 4) is 16.5 Å². The van der Waals surface area contributed by atoms with Crippen LogP contribution < -0.4 is 4.74 Å². The first kappa shape index (κ1) is 11.6. The van der Waals surface area contributed by atoms with Gasteiger partial charge >= 0.3 is 0 Å². The number of H-pyrrole nitrogens is 1. The molecule has 0 spiro atoms. The van der Waals surface area contributed by atoms with E-state index in [4.69, 9.17) is 4.74 Å². The molecule has 0 amide bonds. The fourth-order valence-electron chi connectivity index (χ4n) is 0.988. The van der Waals surface area contributed by atoms with Crippen LogP contribution in [-0.4, -0.2) is 27.2 Å². The monoisotopic (exact) mass is 226 g/mol. The summed E-state index contributed by atoms with van der Waals surface area (Å²) >= 11 is 1.54. The predicted octanol–water partition coefficient (Wildman–Crippen LogP) is 2.35. The van der Waals surface area contributed by atoms with Gasteiger partial charge in [-0.15, -0.1) is 21.5 Å². The van der Waals surface area contributed by atoms with E-state index < -0.39 is 0 Å². The van der Waals surface area contributed by atoms with Crippen molar-refractivity contribution in [1.82, 2.24) is 20.6 Å². The van der Waals surface area contributed by atoms with E-state index in [-0.39, 0.29) is 0 Å². The molecule has 0 fully saturated rings. The second-order valence-corrected chi connectivity index (χ2v) is 3.20. The number of hydrogen-bond donors (Lipinski definition) is 1. The third-order valence-electron chi connectivity index (χ3n) is 1.48. The molecule has 2 aromatic heterocycles. The largest absolute Gasteiger partial charge is 0.492 e. The molecule has 2 aromatic rings. The Kier molecular flexibility index (Phi) is 4.76. The number of tetrazole rings is 1. The molecule has 2 heterocycles. The molecule has 0 saturated carbocycles. The molecule has 0 aliphatic carbocycles. The molecule has 0 saturated heterocycles. The second kappa shape index (κ2) is 6.13. The van der Waals surface area contributed by atoms with Crippen LogP contribution in [0.5, 0.6) is 5.75 Å². The minimum atomic E-state index is 0.582. The lowest BCUT2D eigenvalue weighted by molar-refractivity contribution is 0.343. The van der Waals surface area contributed by atoms with Gasteiger partial charge in [0, 0.05) is 0 Å². The van der Waals surface area contributed by atoms with E-state index in [1.165, 1.54) is 11.3 Å². The fraction of sp³-hybridized carbons (Fsp3) is 0.444. The van der Waals surface area contributed by atoms with E-state index in [1.807, 2.05) is 32.2 Å². The Morgan fingerprint density at radius 2 is 2.27 bits per heavy atom. The first-order valence-electron chi connectivity index (χ1n) is 4.86. The maximum absolute atomic E-state index is 5.39. The molecule has 0 aliphatic rings. The molecular weight excluding hydrogens is 212 g/mol. The van der Waals surface area contributed by atoms with Crippen molar-refractivity contribution >= 4 is 11.3 Å². The second-order valence-electron chi connectivity index (χ2n) is 2.28. The maximum atomic E-state index is 5.39. The van der Waals surface area contributed by atoms with E-state index in [0.717, 1.165) is 10.6 Å². The standard InChI is InChI=1S/C7H8N4OS.C2H6/c1-2-12-5-3-4-13-6(5)7-8-10-11-9-7;1-2/h3-4H,2H2,1H3,(H,8,9,10,11);1-2H3. The lowest BCUT2D eigenvalue weighted by Crippen LogP contribution is -1.91. The van der Waals surface area contributed by atoms with Crippen molar-refractivity contribution in [2.45, 2.75) is 20.8 Å². The van der Waals surface area contributed by atoms with Crippen LogP contribution >= 0.6 is 11.3 Å². The van der Waals surface area contributed by atoms with E-state index in [2.05, 4.69) is 20.6 Å². The lowest BCUT2D eigenvalue weighted by atomic mass is 10.4. The molecule has 0 radical (unpaired) electrons. The molecule has 0 atom stereocenters. The Labute approximate surface area is 92.5 Å². The smallest absolute Gasteiger partial charge is 0.218 e. The molecule has 0 aromatic carbocycles. The Bertz CT molecular complexity index is 371. The van der Waals surface area contributed by atoms with Gasteiger partial charge in [-0.3, -0.25) is 0 Å². The number of aromatic amines is 1. The average Bonchev–Trinajstić information content (AvgIpc) is 2.90. The number of rotatable bonds is 3. The van der Waals surface area contributed by atoms with Gasteiger partial charge in [0.2, 0.25) is 5.82 Å². The van der Waals surface area contributed by atoms with E-state index in [9.17, 15) is 0 Å². The predicted molar refractivity (Wildman–Crippen MR) is 60.0 cm³/mol. The van der Waals surface area contributed by atoms with Gasteiger partial charge in [0.15, 0.2) is 0 Å². The summed E-state index contributed by atoms with van der Waals surface area (Å²) in [7, 11) is 0. The van der Waals surface area contributed by atoms with Gasteiger partial charge < -0.3 is 4.74 Å². The molecular formula is C9H14N4OS. The molecule has 82 valence electrons. The summed E-state index contributed by atoms with van der Waals surface area (Å²) in [5, 5.41) is 15.6. The van der Waals surface area contributed by atoms with E-state index in [1.54, 1.807) is 0 Å². The third-order valence-corrected chi connectivity index (χ3v) is 2.37. The van der Waals surface area contributed by atoms with Crippen molar-refractivity contribution in [3.05, 3.63) is 11.4 Å². The molecule has 2 rings (SSSR count). The Hall–Kier alpha value is -1.43. The summed E-state index contributed by atoms with van der Waals surface area (Å²) in [6.45, 7) is 6.58. The van der Waals surface area contributed by atoms with Crippen molar-refractivity contribution in [2.75, 3.05) is 6.61 Å². The Morgan fingerprint density at radius 3 is 2.87 bits per heavy atom. The van der Waals surface area contributed by atoms with Crippen LogP contribution in [0, 0.1) is 0 Å². The average molecular weight is 226 g/mol. The topological polar surface area (TPSA) is 63.7 Å². The summed E-state index contributed by atoms with van der Waals surface area (Å²) in [5.41, 5.74) is 0. The summed E-state index contributed by atoms with van der Waals surface area (Å²) < 4.78 is 5.39. The van der Waals surface area contributed by atoms with Crippen molar-refractivity contribution < 1.29 is 4.74 Å². The Balaban J connectivity index is 0.000000531. The van der Waals surface area contributed by atoms with Crippen LogP contribution in [-0.2, 0) is 0 Å². The number of hydrogen-bond acceptors (Lipinski definition) is 5. The van der Waals surface area contributed by atoms with Gasteiger partial charge in [0.1, 0.15) is 10.6 Å². The summed E-state index contributed by atoms with van der Waals surface area (Å²) in [5.74, 6) is 1.40. The molecule has 15 heavy (non-hydrogen) atoms. The SMILES string of the molecule is CC.CCOc1ccsc1-c1nn[nH]n1. The van der Waals surface area contributed by atoms with Crippen molar-refractivity contribution in [1.29, 1.82) is 0 Å². The molecule has 0 bridgehead atoms. The van der Waals surface area contributed by atoms with Crippen LogP contribution in [0.25, 0.3) is 10.7 Å². The number of ether oxygens (including phenoxy) is 1. The van der Waals surface area contributed by atoms with Crippen LogP contribution in [0.15, 0.2) is 11.4 Å². The highest BCUT2D eigenvalue weighted by atomic mass is 32.1. The number of aromatic nitrogens is 4. The number of nitrogens with one attached hydrogen (secondary N) is 1. The highest BCUT2D eigenvalue weighted by Crippen LogP contribution is 2.32. The van der Waals surface area contributed by atoms with Gasteiger partial charge in [0.25, 0.3) is 0 Å². The first-order chi connectivity index (χ1) is 7.42. The first-order valence-corrected chi connectivity index (χ1v) is 5.74. The highest BCUT2D eigenvalue weighted by molar-refractivity contribution is 7.13. The molecule has 0 unspecified atom stereocenters. The van der Waals surface area contributed by atoms with Gasteiger partial charge in [-0.1, -0.05) is 13.8 Å². The van der Waals surface area contributed by atoms with Gasteiger partial charge in [-0.2, -0.15) is 5.21 Å². The van der Waals surface area contributed by atoms with E-state index in [0.29, 0.717) is 12.4 Å². The van der Waals surface area contributed by atoms with Crippen molar-refractivity contribution in [3.63, 3.8) is 0 Å². The zero-order valence-corrected chi connectivity index (χ0v) is 9.84. The summed E-state index contributed by atoms with van der Waals surface area (Å²) in [6, 6.07) is 1.90. The lowest BCUT2D eigenvalue weighted by Gasteiger charge is -1.99. The van der Waals surface area contributed by atoms with Crippen LogP contribution in [0.3, 0.4) is 0 Å². The molecule has 1 N–H and O–H groups in total. The van der Waals surface area contributed by atoms with Gasteiger partial charge in [-0.05, 0) is 23.6 Å². The number of nitrogens with zero attached hydrogens (tertiary/aromatic N) is 3. The summed E-state index contributed by atoms with van der Waals surface area (Å²) in [4.78, 5) is 0.913. The normalized spacial score (nSPS) is 9.27. The van der Waals surface area contributed by atoms with E-state index >= 15 is 0 Å². The molecule has 5 nitrogen and oxygen atoms in total. The molecule has 6 heteroatoms. The zero-order valence-electron chi connectivity index (χ0n) is 9.02. The minimum Gasteiger partial charge on any atom is -0.492 e. The minimum absolute atomic E-state index is 0.582. The van der Waals surface area contributed by atoms with Gasteiger partial charge in [-0.25, -0.2) is 0 Å². The maximum Gasteiger partial charge on any atom is 0.218 e. The Morgan fingerprint density at radius 1 is 1.47 bits per heavy atom. The summed E-state index contributed by atoms with van der Waals surface area (Å²) in [6.07, 6.45) is 0.